The van der Waals surface area contributed by atoms with Crippen molar-refractivity contribution < 1.29 is 23.9 Å². The Balaban J connectivity index is 1.44. The first-order valence-corrected chi connectivity index (χ1v) is 9.47. The largest absolute Gasteiger partial charge is 0.456 e. The third-order valence-corrected chi connectivity index (χ3v) is 5.40. The second-order valence-corrected chi connectivity index (χ2v) is 7.19. The molecule has 0 aromatic heterocycles. The Labute approximate surface area is 167 Å². The molecule has 0 bridgehead atoms. The van der Waals surface area contributed by atoms with Gasteiger partial charge in [0, 0.05) is 5.56 Å². The molecule has 7 heteroatoms. The fourth-order valence-electron chi connectivity index (χ4n) is 3.98. The number of rotatable bonds is 5. The van der Waals surface area contributed by atoms with Crippen molar-refractivity contribution in [3.05, 3.63) is 71.3 Å². The molecule has 1 aliphatic heterocycles. The van der Waals surface area contributed by atoms with Crippen molar-refractivity contribution >= 4 is 23.7 Å². The maximum absolute atomic E-state index is 13.1. The standard InChI is InChI=1S/C22H20N2O5/c25-18(16-8-2-1-3-9-16)14-29-19(26)13-24-20(27)22(23-21(24)28)12-6-10-15-7-4-5-11-17(15)22/h1-5,7-9,11H,6,10,12-14H2,(H,23,28)/t22-/m0/s1. The number of carbonyl (C=O) groups is 4. The van der Waals surface area contributed by atoms with E-state index >= 15 is 0 Å². The van der Waals surface area contributed by atoms with Gasteiger partial charge in [-0.25, -0.2) is 4.79 Å². The zero-order valence-electron chi connectivity index (χ0n) is 15.7. The molecule has 148 valence electrons. The topological polar surface area (TPSA) is 92.8 Å². The third-order valence-electron chi connectivity index (χ3n) is 5.40. The summed E-state index contributed by atoms with van der Waals surface area (Å²) in [5.41, 5.74) is 1.09. The van der Waals surface area contributed by atoms with Crippen molar-refractivity contribution in [2.75, 3.05) is 13.2 Å². The molecule has 29 heavy (non-hydrogen) atoms. The first-order chi connectivity index (χ1) is 14.0. The van der Waals surface area contributed by atoms with Crippen LogP contribution < -0.4 is 5.32 Å². The monoisotopic (exact) mass is 392 g/mol. The zero-order chi connectivity index (χ0) is 20.4. The molecular weight excluding hydrogens is 372 g/mol. The quantitative estimate of drug-likeness (QED) is 0.478. The average molecular weight is 392 g/mol. The summed E-state index contributed by atoms with van der Waals surface area (Å²) < 4.78 is 5.00. The summed E-state index contributed by atoms with van der Waals surface area (Å²) in [6, 6.07) is 15.3. The number of hydrogen-bond acceptors (Lipinski definition) is 5. The van der Waals surface area contributed by atoms with Crippen LogP contribution in [-0.2, 0) is 26.3 Å². The molecule has 1 aliphatic carbocycles. The molecular formula is C22H20N2O5. The van der Waals surface area contributed by atoms with Crippen LogP contribution in [0.3, 0.4) is 0 Å². The number of aryl methyl sites for hydroxylation is 1. The van der Waals surface area contributed by atoms with Gasteiger partial charge >= 0.3 is 12.0 Å². The maximum atomic E-state index is 13.1. The summed E-state index contributed by atoms with van der Waals surface area (Å²) in [5, 5.41) is 2.78. The highest BCUT2D eigenvalue weighted by molar-refractivity contribution is 6.09. The van der Waals surface area contributed by atoms with Gasteiger partial charge in [-0.05, 0) is 30.4 Å². The summed E-state index contributed by atoms with van der Waals surface area (Å²) in [5.74, 6) is -1.62. The van der Waals surface area contributed by atoms with Crippen LogP contribution in [-0.4, -0.2) is 41.7 Å². The minimum atomic E-state index is -1.13. The molecule has 2 aromatic rings. The van der Waals surface area contributed by atoms with Gasteiger partial charge in [0.25, 0.3) is 5.91 Å². The Morgan fingerprint density at radius 1 is 1.03 bits per heavy atom. The lowest BCUT2D eigenvalue weighted by atomic mass is 9.76. The zero-order valence-corrected chi connectivity index (χ0v) is 15.7. The van der Waals surface area contributed by atoms with Crippen LogP contribution in [0.2, 0.25) is 0 Å². The number of ether oxygens (including phenoxy) is 1. The molecule has 1 N–H and O–H groups in total. The van der Waals surface area contributed by atoms with E-state index in [0.29, 0.717) is 12.0 Å². The predicted octanol–water partition coefficient (Wildman–Crippen LogP) is 2.20. The Morgan fingerprint density at radius 2 is 1.76 bits per heavy atom. The first-order valence-electron chi connectivity index (χ1n) is 9.47. The van der Waals surface area contributed by atoms with Gasteiger partial charge in [0.05, 0.1) is 0 Å². The minimum Gasteiger partial charge on any atom is -0.456 e. The van der Waals surface area contributed by atoms with Gasteiger partial charge in [-0.3, -0.25) is 19.3 Å². The molecule has 0 unspecified atom stereocenters. The highest BCUT2D eigenvalue weighted by Crippen LogP contribution is 2.39. The number of esters is 1. The van der Waals surface area contributed by atoms with E-state index in [0.717, 1.165) is 28.9 Å². The predicted molar refractivity (Wildman–Crippen MR) is 103 cm³/mol. The van der Waals surface area contributed by atoms with E-state index in [9.17, 15) is 19.2 Å². The van der Waals surface area contributed by atoms with Gasteiger partial charge in [0.2, 0.25) is 0 Å². The molecule has 2 aliphatic rings. The number of urea groups is 1. The summed E-state index contributed by atoms with van der Waals surface area (Å²) in [7, 11) is 0. The number of hydrogen-bond donors (Lipinski definition) is 1. The molecule has 3 amide bonds. The van der Waals surface area contributed by atoms with Crippen LogP contribution in [0.1, 0.15) is 34.3 Å². The number of amides is 3. The van der Waals surface area contributed by atoms with Crippen molar-refractivity contribution in [1.29, 1.82) is 0 Å². The number of fused-ring (bicyclic) bond motifs is 2. The van der Waals surface area contributed by atoms with Crippen LogP contribution in [0, 0.1) is 0 Å². The van der Waals surface area contributed by atoms with E-state index in [1.807, 2.05) is 24.3 Å². The third kappa shape index (κ3) is 3.40. The fourth-order valence-corrected chi connectivity index (χ4v) is 3.98. The second kappa shape index (κ2) is 7.50. The van der Waals surface area contributed by atoms with E-state index in [2.05, 4.69) is 5.32 Å². The van der Waals surface area contributed by atoms with Crippen LogP contribution in [0.25, 0.3) is 0 Å². The fraction of sp³-hybridized carbons (Fsp3) is 0.273. The summed E-state index contributed by atoms with van der Waals surface area (Å²) in [4.78, 5) is 50.7. The smallest absolute Gasteiger partial charge is 0.326 e. The van der Waals surface area contributed by atoms with E-state index in [1.54, 1.807) is 30.3 Å². The summed E-state index contributed by atoms with van der Waals surface area (Å²) in [6.07, 6.45) is 2.07. The number of nitrogens with one attached hydrogen (secondary N) is 1. The molecule has 2 aromatic carbocycles. The lowest BCUT2D eigenvalue weighted by Gasteiger charge is -2.33. The Morgan fingerprint density at radius 3 is 2.55 bits per heavy atom. The van der Waals surface area contributed by atoms with E-state index in [-0.39, 0.29) is 5.78 Å². The molecule has 1 spiro atoms. The minimum absolute atomic E-state index is 0.353. The summed E-state index contributed by atoms with van der Waals surface area (Å²) in [6.45, 7) is -0.975. The lowest BCUT2D eigenvalue weighted by Crippen LogP contribution is -2.46. The molecule has 4 rings (SSSR count). The van der Waals surface area contributed by atoms with Gasteiger partial charge in [-0.2, -0.15) is 0 Å². The highest BCUT2D eigenvalue weighted by atomic mass is 16.5. The van der Waals surface area contributed by atoms with Gasteiger partial charge in [-0.1, -0.05) is 54.6 Å². The number of Topliss-reactive ketones (excluding diaryl/α,β-unsaturated/α-hetero) is 1. The Kier molecular flexibility index (Phi) is 4.88. The van der Waals surface area contributed by atoms with Crippen LogP contribution >= 0.6 is 0 Å². The van der Waals surface area contributed by atoms with Crippen molar-refractivity contribution in [2.45, 2.75) is 24.8 Å². The highest BCUT2D eigenvalue weighted by Gasteiger charge is 2.54. The van der Waals surface area contributed by atoms with Crippen LogP contribution in [0.4, 0.5) is 4.79 Å². The number of benzene rings is 2. The second-order valence-electron chi connectivity index (χ2n) is 7.19. The van der Waals surface area contributed by atoms with Crippen molar-refractivity contribution in [3.63, 3.8) is 0 Å². The van der Waals surface area contributed by atoms with Crippen LogP contribution in [0.15, 0.2) is 54.6 Å². The van der Waals surface area contributed by atoms with Crippen molar-refractivity contribution in [3.8, 4) is 0 Å². The van der Waals surface area contributed by atoms with E-state index in [4.69, 9.17) is 4.74 Å². The number of imide groups is 1. The van der Waals surface area contributed by atoms with Gasteiger partial charge in [0.1, 0.15) is 12.1 Å². The first kappa shape index (κ1) is 18.9. The Hall–Kier alpha value is -3.48. The molecule has 7 nitrogen and oxygen atoms in total. The average Bonchev–Trinajstić information content (AvgIpc) is 2.97. The van der Waals surface area contributed by atoms with Crippen molar-refractivity contribution in [2.24, 2.45) is 0 Å². The Bertz CT molecular complexity index is 988. The molecule has 1 heterocycles. The number of carbonyl (C=O) groups excluding carboxylic acids is 4. The molecule has 0 saturated carbocycles. The van der Waals surface area contributed by atoms with Crippen molar-refractivity contribution in [1.82, 2.24) is 10.2 Å². The lowest BCUT2D eigenvalue weighted by molar-refractivity contribution is -0.147. The molecule has 1 fully saturated rings. The number of nitrogens with zero attached hydrogens (tertiary/aromatic N) is 1. The maximum Gasteiger partial charge on any atom is 0.326 e. The molecule has 0 radical (unpaired) electrons. The SMILES string of the molecule is O=C(CN1C(=O)N[C@]2(CCCc3ccccc32)C1=O)OCC(=O)c1ccccc1. The van der Waals surface area contributed by atoms with Gasteiger partial charge in [0.15, 0.2) is 12.4 Å². The van der Waals surface area contributed by atoms with Gasteiger partial charge in [-0.15, -0.1) is 0 Å². The van der Waals surface area contributed by atoms with E-state index < -0.39 is 36.6 Å². The van der Waals surface area contributed by atoms with Gasteiger partial charge < -0.3 is 10.1 Å². The normalized spacial score (nSPS) is 20.3. The number of ketones is 1. The molecule has 1 saturated heterocycles. The molecule has 1 atom stereocenters. The van der Waals surface area contributed by atoms with Crippen LogP contribution in [0.5, 0.6) is 0 Å². The van der Waals surface area contributed by atoms with E-state index in [1.165, 1.54) is 0 Å². The summed E-state index contributed by atoms with van der Waals surface area (Å²) >= 11 is 0.